The van der Waals surface area contributed by atoms with Gasteiger partial charge in [-0.15, -0.1) is 11.8 Å². The summed E-state index contributed by atoms with van der Waals surface area (Å²) in [4.78, 5) is 27.6. The molecule has 25 heavy (non-hydrogen) atoms. The van der Waals surface area contributed by atoms with E-state index in [4.69, 9.17) is 9.15 Å². The monoisotopic (exact) mass is 359 g/mol. The second-order valence-electron chi connectivity index (χ2n) is 6.13. The summed E-state index contributed by atoms with van der Waals surface area (Å²) >= 11 is 1.77. The number of hydrogen-bond acceptors (Lipinski definition) is 5. The number of para-hydroxylation sites is 1. The van der Waals surface area contributed by atoms with Crippen molar-refractivity contribution in [1.82, 2.24) is 0 Å². The van der Waals surface area contributed by atoms with E-state index in [1.165, 1.54) is 0 Å². The van der Waals surface area contributed by atoms with E-state index >= 15 is 0 Å². The Bertz CT molecular complexity index is 798. The molecule has 1 amide bonds. The molecule has 3 rings (SSSR count). The molecule has 6 heteroatoms. The number of hydrogen-bond donors (Lipinski definition) is 0. The topological polar surface area (TPSA) is 59.8 Å². The van der Waals surface area contributed by atoms with Gasteiger partial charge in [0.25, 0.3) is 5.91 Å². The maximum absolute atomic E-state index is 12.7. The van der Waals surface area contributed by atoms with Crippen molar-refractivity contribution in [1.29, 1.82) is 0 Å². The summed E-state index contributed by atoms with van der Waals surface area (Å²) in [5.41, 5.74) is 1.25. The van der Waals surface area contributed by atoms with Gasteiger partial charge in [0.15, 0.2) is 6.61 Å². The predicted octanol–water partition coefficient (Wildman–Crippen LogP) is 3.97. The van der Waals surface area contributed by atoms with Crippen LogP contribution < -0.4 is 4.90 Å². The number of amides is 1. The number of carbonyl (C=O) groups is 2. The highest BCUT2D eigenvalue weighted by Crippen LogP contribution is 2.37. The van der Waals surface area contributed by atoms with E-state index in [0.717, 1.165) is 17.0 Å². The van der Waals surface area contributed by atoms with Crippen LogP contribution in [0.2, 0.25) is 0 Å². The van der Waals surface area contributed by atoms with Crippen LogP contribution in [-0.2, 0) is 9.53 Å². The molecule has 0 N–H and O–H groups in total. The zero-order valence-corrected chi connectivity index (χ0v) is 15.4. The first-order valence-corrected chi connectivity index (χ1v) is 9.14. The SMILES string of the molecule is Cc1cc(C(=O)OCC(=O)N2CC[C@@H](C)Sc3ccccc32)c(C)o1. The number of carbonyl (C=O) groups excluding carboxylic acids is 2. The Balaban J connectivity index is 1.71. The summed E-state index contributed by atoms with van der Waals surface area (Å²) in [6.07, 6.45) is 0.888. The summed E-state index contributed by atoms with van der Waals surface area (Å²) in [6, 6.07) is 9.47. The van der Waals surface area contributed by atoms with Gasteiger partial charge in [0.1, 0.15) is 17.1 Å². The molecule has 0 radical (unpaired) electrons. The third-order valence-electron chi connectivity index (χ3n) is 4.13. The van der Waals surface area contributed by atoms with E-state index in [0.29, 0.717) is 28.9 Å². The van der Waals surface area contributed by atoms with Crippen LogP contribution in [0.25, 0.3) is 0 Å². The minimum Gasteiger partial charge on any atom is -0.466 e. The number of benzene rings is 1. The normalized spacial score (nSPS) is 16.9. The lowest BCUT2D eigenvalue weighted by Crippen LogP contribution is -2.35. The van der Waals surface area contributed by atoms with Crippen LogP contribution >= 0.6 is 11.8 Å². The molecule has 2 heterocycles. The number of furan rings is 1. The zero-order chi connectivity index (χ0) is 18.0. The molecular formula is C19H21NO4S. The van der Waals surface area contributed by atoms with Crippen molar-refractivity contribution in [3.63, 3.8) is 0 Å². The summed E-state index contributed by atoms with van der Waals surface area (Å²) in [5.74, 6) is 0.394. The number of ether oxygens (including phenoxy) is 1. The molecule has 132 valence electrons. The highest BCUT2D eigenvalue weighted by Gasteiger charge is 2.25. The molecule has 1 aromatic carbocycles. The average molecular weight is 359 g/mol. The van der Waals surface area contributed by atoms with Crippen molar-refractivity contribution in [2.24, 2.45) is 0 Å². The molecule has 0 spiro atoms. The van der Waals surface area contributed by atoms with Crippen LogP contribution in [0.1, 0.15) is 35.2 Å². The summed E-state index contributed by atoms with van der Waals surface area (Å²) < 4.78 is 10.6. The second kappa shape index (κ2) is 7.35. The molecule has 0 fully saturated rings. The van der Waals surface area contributed by atoms with Gasteiger partial charge in [-0.1, -0.05) is 19.1 Å². The van der Waals surface area contributed by atoms with Gasteiger partial charge in [-0.3, -0.25) is 4.79 Å². The molecule has 1 aromatic heterocycles. The lowest BCUT2D eigenvalue weighted by atomic mass is 10.2. The van der Waals surface area contributed by atoms with Crippen LogP contribution in [0.5, 0.6) is 0 Å². The second-order valence-corrected chi connectivity index (χ2v) is 7.61. The van der Waals surface area contributed by atoms with Gasteiger partial charge in [-0.25, -0.2) is 4.79 Å². The Morgan fingerprint density at radius 3 is 2.80 bits per heavy atom. The fourth-order valence-corrected chi connectivity index (χ4v) is 3.98. The maximum Gasteiger partial charge on any atom is 0.342 e. The molecule has 0 unspecified atom stereocenters. The van der Waals surface area contributed by atoms with Crippen LogP contribution in [-0.4, -0.2) is 30.3 Å². The fourth-order valence-electron chi connectivity index (χ4n) is 2.86. The van der Waals surface area contributed by atoms with Crippen molar-refractivity contribution in [2.45, 2.75) is 37.3 Å². The van der Waals surface area contributed by atoms with Gasteiger partial charge in [0.05, 0.1) is 5.69 Å². The van der Waals surface area contributed by atoms with E-state index < -0.39 is 5.97 Å². The Kier molecular flexibility index (Phi) is 5.18. The molecule has 0 saturated heterocycles. The van der Waals surface area contributed by atoms with Gasteiger partial charge < -0.3 is 14.1 Å². The number of thioether (sulfide) groups is 1. The zero-order valence-electron chi connectivity index (χ0n) is 14.6. The van der Waals surface area contributed by atoms with Gasteiger partial charge in [-0.05, 0) is 38.5 Å². The van der Waals surface area contributed by atoms with Crippen LogP contribution in [0.15, 0.2) is 39.6 Å². The van der Waals surface area contributed by atoms with Gasteiger partial charge in [-0.2, -0.15) is 0 Å². The molecule has 5 nitrogen and oxygen atoms in total. The highest BCUT2D eigenvalue weighted by molar-refractivity contribution is 8.00. The number of anilines is 1. The number of nitrogens with zero attached hydrogens (tertiary/aromatic N) is 1. The summed E-state index contributed by atoms with van der Waals surface area (Å²) in [7, 11) is 0. The number of esters is 1. The molecule has 0 aliphatic carbocycles. The Morgan fingerprint density at radius 2 is 2.08 bits per heavy atom. The summed E-state index contributed by atoms with van der Waals surface area (Å²) in [5, 5.41) is 0.429. The standard InChI is InChI=1S/C19H21NO4S/c1-12-10-15(14(3)24-12)19(22)23-11-18(21)20-9-8-13(2)25-17-7-5-4-6-16(17)20/h4-7,10,13H,8-9,11H2,1-3H3/t13-/m1/s1. The molecule has 0 bridgehead atoms. The van der Waals surface area contributed by atoms with Crippen molar-refractivity contribution < 1.29 is 18.7 Å². The highest BCUT2D eigenvalue weighted by atomic mass is 32.2. The quantitative estimate of drug-likeness (QED) is 0.776. The smallest absolute Gasteiger partial charge is 0.342 e. The molecular weight excluding hydrogens is 338 g/mol. The predicted molar refractivity (Wildman–Crippen MR) is 97.2 cm³/mol. The van der Waals surface area contributed by atoms with Crippen LogP contribution in [0.3, 0.4) is 0 Å². The van der Waals surface area contributed by atoms with Gasteiger partial charge >= 0.3 is 5.97 Å². The number of rotatable bonds is 3. The van der Waals surface area contributed by atoms with Crippen LogP contribution in [0.4, 0.5) is 5.69 Å². The molecule has 1 atom stereocenters. The van der Waals surface area contributed by atoms with Gasteiger partial charge in [0, 0.05) is 16.7 Å². The minimum atomic E-state index is -0.534. The lowest BCUT2D eigenvalue weighted by Gasteiger charge is -2.22. The lowest BCUT2D eigenvalue weighted by molar-refractivity contribution is -0.121. The van der Waals surface area contributed by atoms with Crippen molar-refractivity contribution in [2.75, 3.05) is 18.1 Å². The average Bonchev–Trinajstić information content (AvgIpc) is 2.82. The summed E-state index contributed by atoms with van der Waals surface area (Å²) in [6.45, 7) is 5.96. The van der Waals surface area contributed by atoms with E-state index in [1.54, 1.807) is 36.6 Å². The van der Waals surface area contributed by atoms with Crippen molar-refractivity contribution in [3.8, 4) is 0 Å². The third-order valence-corrected chi connectivity index (χ3v) is 5.37. The largest absolute Gasteiger partial charge is 0.466 e. The Hall–Kier alpha value is -2.21. The third kappa shape index (κ3) is 3.90. The number of fused-ring (bicyclic) bond motifs is 1. The first-order chi connectivity index (χ1) is 12.0. The maximum atomic E-state index is 12.7. The van der Waals surface area contributed by atoms with E-state index in [-0.39, 0.29) is 12.5 Å². The van der Waals surface area contributed by atoms with E-state index in [2.05, 4.69) is 6.92 Å². The molecule has 1 aliphatic rings. The minimum absolute atomic E-state index is 0.214. The molecule has 1 aliphatic heterocycles. The van der Waals surface area contributed by atoms with Crippen molar-refractivity contribution >= 4 is 29.3 Å². The van der Waals surface area contributed by atoms with Crippen LogP contribution in [0, 0.1) is 13.8 Å². The number of aryl methyl sites for hydroxylation is 2. The van der Waals surface area contributed by atoms with E-state index in [1.807, 2.05) is 24.3 Å². The van der Waals surface area contributed by atoms with E-state index in [9.17, 15) is 9.59 Å². The van der Waals surface area contributed by atoms with Crippen molar-refractivity contribution in [3.05, 3.63) is 47.4 Å². The molecule has 2 aromatic rings. The Morgan fingerprint density at radius 1 is 1.32 bits per heavy atom. The first-order valence-electron chi connectivity index (χ1n) is 8.26. The molecule has 0 saturated carbocycles. The first kappa shape index (κ1) is 17.6. The van der Waals surface area contributed by atoms with Gasteiger partial charge in [0.2, 0.25) is 0 Å². The Labute approximate surface area is 151 Å². The fraction of sp³-hybridized carbons (Fsp3) is 0.368.